The molecule has 5 aliphatic rings. The van der Waals surface area contributed by atoms with E-state index in [4.69, 9.17) is 9.15 Å². The molecule has 1 aliphatic heterocycles. The fourth-order valence-corrected chi connectivity index (χ4v) is 8.85. The maximum Gasteiger partial charge on any atom is 0.410 e. The third-order valence-corrected chi connectivity index (χ3v) is 10.8. The molecule has 0 bridgehead atoms. The molecule has 1 aromatic rings. The van der Waals surface area contributed by atoms with Crippen molar-refractivity contribution in [3.8, 4) is 0 Å². The van der Waals surface area contributed by atoms with E-state index in [0.717, 1.165) is 31.2 Å². The quantitative estimate of drug-likeness (QED) is 0.583. The van der Waals surface area contributed by atoms with Crippen LogP contribution in [0.2, 0.25) is 0 Å². The van der Waals surface area contributed by atoms with Crippen molar-refractivity contribution in [2.75, 3.05) is 13.1 Å². The lowest BCUT2D eigenvalue weighted by Gasteiger charge is -2.59. The van der Waals surface area contributed by atoms with Crippen LogP contribution >= 0.6 is 0 Å². The number of aliphatic hydroxyl groups is 1. The Hall–Kier alpha value is -2.08. The lowest BCUT2D eigenvalue weighted by molar-refractivity contribution is -0.0868. The van der Waals surface area contributed by atoms with Crippen LogP contribution in [0.25, 0.3) is 0 Å². The number of hydrogen-bond donors (Lipinski definition) is 1. The summed E-state index contributed by atoms with van der Waals surface area (Å²) >= 11 is 0. The van der Waals surface area contributed by atoms with Gasteiger partial charge in [-0.2, -0.15) is 0 Å². The number of rotatable bonds is 2. The molecule has 1 N–H and O–H groups in total. The van der Waals surface area contributed by atoms with Gasteiger partial charge in [-0.15, -0.1) is 0 Å². The van der Waals surface area contributed by atoms with Crippen molar-refractivity contribution < 1.29 is 19.1 Å². The van der Waals surface area contributed by atoms with E-state index >= 15 is 0 Å². The fraction of sp³-hybridized carbons (Fsp3) is 0.724. The minimum absolute atomic E-state index is 0.00605. The molecule has 6 heteroatoms. The molecule has 2 heterocycles. The van der Waals surface area contributed by atoms with Gasteiger partial charge in [-0.1, -0.05) is 25.5 Å². The first kappa shape index (κ1) is 23.3. The molecule has 35 heavy (non-hydrogen) atoms. The fourth-order valence-electron chi connectivity index (χ4n) is 8.85. The molecule has 6 nitrogen and oxygen atoms in total. The molecule has 190 valence electrons. The average Bonchev–Trinajstić information content (AvgIpc) is 3.43. The number of allylic oxidation sites excluding steroid dienone is 2. The molecule has 1 saturated heterocycles. The number of carbonyl (C=O) groups excluding carboxylic acids is 1. The topological polar surface area (TPSA) is 80.0 Å². The lowest BCUT2D eigenvalue weighted by atomic mass is 9.46. The highest BCUT2D eigenvalue weighted by Gasteiger charge is 2.58. The molecule has 6 rings (SSSR count). The zero-order valence-electron chi connectivity index (χ0n) is 21.1. The smallest absolute Gasteiger partial charge is 0.410 e. The summed E-state index contributed by atoms with van der Waals surface area (Å²) in [5.74, 6) is 2.33. The Kier molecular flexibility index (Phi) is 5.66. The molecule has 8 atom stereocenters. The number of fused-ring (bicyclic) bond motifs is 5. The second-order valence-electron chi connectivity index (χ2n) is 12.5. The monoisotopic (exact) mass is 481 g/mol. The zero-order valence-corrected chi connectivity index (χ0v) is 21.1. The average molecular weight is 482 g/mol. The standard InChI is InChI=1S/C29H39NO5/c1-28-12-9-21(35-27(33)30-14-11-20(31)16-30)15-19(28)4-5-22-24-7-6-23(18-3-8-26(32)34-17-18)29(24,2)13-10-25(22)28/h3,7-8,17,19-23,25,31H,4-6,9-16H2,1-2H3. The van der Waals surface area contributed by atoms with Crippen molar-refractivity contribution in [3.05, 3.63) is 46.0 Å². The molecule has 3 saturated carbocycles. The van der Waals surface area contributed by atoms with E-state index < -0.39 is 6.10 Å². The van der Waals surface area contributed by atoms with Gasteiger partial charge in [0.05, 0.1) is 12.4 Å². The van der Waals surface area contributed by atoms with Crippen molar-refractivity contribution in [1.82, 2.24) is 4.90 Å². The van der Waals surface area contributed by atoms with Crippen molar-refractivity contribution in [3.63, 3.8) is 0 Å². The van der Waals surface area contributed by atoms with E-state index in [1.807, 2.05) is 6.07 Å². The first-order valence-electron chi connectivity index (χ1n) is 13.7. The summed E-state index contributed by atoms with van der Waals surface area (Å²) in [6.45, 7) is 5.96. The molecule has 4 aliphatic carbocycles. The summed E-state index contributed by atoms with van der Waals surface area (Å²) in [4.78, 5) is 25.8. The van der Waals surface area contributed by atoms with Gasteiger partial charge in [0, 0.05) is 19.2 Å². The second kappa shape index (κ2) is 8.50. The van der Waals surface area contributed by atoms with Crippen molar-refractivity contribution >= 4 is 6.09 Å². The number of aliphatic hydroxyl groups excluding tert-OH is 1. The Labute approximate surface area is 207 Å². The van der Waals surface area contributed by atoms with Crippen LogP contribution in [0, 0.1) is 28.6 Å². The van der Waals surface area contributed by atoms with Crippen molar-refractivity contribution in [2.24, 2.45) is 28.6 Å². The number of hydrogen-bond acceptors (Lipinski definition) is 5. The van der Waals surface area contributed by atoms with Crippen LogP contribution in [0.1, 0.15) is 83.1 Å². The third kappa shape index (κ3) is 3.78. The van der Waals surface area contributed by atoms with Crippen molar-refractivity contribution in [2.45, 2.75) is 89.8 Å². The Balaban J connectivity index is 1.15. The van der Waals surface area contributed by atoms with Gasteiger partial charge in [-0.05, 0) is 104 Å². The Bertz CT molecular complexity index is 1060. The van der Waals surface area contributed by atoms with Gasteiger partial charge in [-0.25, -0.2) is 9.59 Å². The van der Waals surface area contributed by atoms with E-state index in [0.29, 0.717) is 48.6 Å². The van der Waals surface area contributed by atoms with E-state index in [-0.39, 0.29) is 23.2 Å². The Morgan fingerprint density at radius 3 is 2.74 bits per heavy atom. The van der Waals surface area contributed by atoms with Gasteiger partial charge in [0.25, 0.3) is 0 Å². The maximum atomic E-state index is 12.6. The second-order valence-corrected chi connectivity index (χ2v) is 12.5. The molecule has 0 radical (unpaired) electrons. The molecular formula is C29H39NO5. The highest BCUT2D eigenvalue weighted by Crippen LogP contribution is 2.67. The number of β-amino-alcohol motifs (C(OH)–C–C–N with tert-alkyl or cyclic N) is 1. The molecule has 0 aromatic carbocycles. The van der Waals surface area contributed by atoms with Gasteiger partial charge in [0.1, 0.15) is 6.10 Å². The predicted molar refractivity (Wildman–Crippen MR) is 132 cm³/mol. The van der Waals surface area contributed by atoms with Crippen LogP contribution < -0.4 is 5.63 Å². The minimum Gasteiger partial charge on any atom is -0.446 e. The normalized spacial score (nSPS) is 42.6. The maximum absolute atomic E-state index is 12.6. The summed E-state index contributed by atoms with van der Waals surface area (Å²) in [5, 5.41) is 9.76. The summed E-state index contributed by atoms with van der Waals surface area (Å²) in [5.41, 5.74) is 2.99. The third-order valence-electron chi connectivity index (χ3n) is 10.8. The Morgan fingerprint density at radius 2 is 2.00 bits per heavy atom. The summed E-state index contributed by atoms with van der Waals surface area (Å²) in [6, 6.07) is 3.53. The summed E-state index contributed by atoms with van der Waals surface area (Å²) < 4.78 is 11.2. The van der Waals surface area contributed by atoms with E-state index in [1.165, 1.54) is 25.7 Å². The molecule has 1 amide bonds. The molecule has 8 unspecified atom stereocenters. The Morgan fingerprint density at radius 1 is 1.14 bits per heavy atom. The molecule has 4 fully saturated rings. The highest BCUT2D eigenvalue weighted by atomic mass is 16.6. The van der Waals surface area contributed by atoms with Crippen LogP contribution in [0.15, 0.2) is 39.3 Å². The SMILES string of the molecule is CC12CCC3C(CCC4CC(OC(=O)N5CCC(O)C5)CCC43C)C1=CCC2c1ccc(=O)oc1. The molecular weight excluding hydrogens is 442 g/mol. The zero-order chi connectivity index (χ0) is 24.4. The highest BCUT2D eigenvalue weighted by molar-refractivity contribution is 5.68. The van der Waals surface area contributed by atoms with Gasteiger partial charge in [0.15, 0.2) is 0 Å². The molecule has 1 aromatic heterocycles. The van der Waals surface area contributed by atoms with Crippen LogP contribution in [0.4, 0.5) is 4.79 Å². The van der Waals surface area contributed by atoms with Crippen LogP contribution in [0.5, 0.6) is 0 Å². The van der Waals surface area contributed by atoms with E-state index in [1.54, 1.807) is 22.8 Å². The number of amides is 1. The van der Waals surface area contributed by atoms with Crippen LogP contribution in [-0.2, 0) is 4.74 Å². The van der Waals surface area contributed by atoms with E-state index in [2.05, 4.69) is 19.9 Å². The summed E-state index contributed by atoms with van der Waals surface area (Å²) in [7, 11) is 0. The minimum atomic E-state index is -0.408. The van der Waals surface area contributed by atoms with Crippen molar-refractivity contribution in [1.29, 1.82) is 0 Å². The lowest BCUT2D eigenvalue weighted by Crippen LogP contribution is -2.52. The molecule has 0 spiro atoms. The van der Waals surface area contributed by atoms with Crippen LogP contribution in [0.3, 0.4) is 0 Å². The van der Waals surface area contributed by atoms with Gasteiger partial charge in [-0.3, -0.25) is 0 Å². The number of nitrogens with zero attached hydrogens (tertiary/aromatic N) is 1. The number of carbonyl (C=O) groups is 1. The summed E-state index contributed by atoms with van der Waals surface area (Å²) in [6.07, 6.45) is 13.1. The van der Waals surface area contributed by atoms with Crippen LogP contribution in [-0.4, -0.2) is 41.4 Å². The largest absolute Gasteiger partial charge is 0.446 e. The first-order chi connectivity index (χ1) is 16.8. The predicted octanol–water partition coefficient (Wildman–Crippen LogP) is 5.26. The number of likely N-dealkylation sites (tertiary alicyclic amines) is 1. The first-order valence-corrected chi connectivity index (χ1v) is 13.7. The van der Waals surface area contributed by atoms with Gasteiger partial charge < -0.3 is 19.2 Å². The van der Waals surface area contributed by atoms with Gasteiger partial charge in [0.2, 0.25) is 0 Å². The van der Waals surface area contributed by atoms with Gasteiger partial charge >= 0.3 is 11.7 Å². The number of ether oxygens (including phenoxy) is 1. The van der Waals surface area contributed by atoms with E-state index in [9.17, 15) is 14.7 Å².